The molecule has 7 nitrogen and oxygen atoms in total. The number of carbonyl (C=O) groups is 1. The highest BCUT2D eigenvalue weighted by molar-refractivity contribution is 7.22. The molecule has 2 aromatic carbocycles. The zero-order valence-electron chi connectivity index (χ0n) is 21.2. The van der Waals surface area contributed by atoms with Crippen LogP contribution in [0.4, 0.5) is 0 Å². The third kappa shape index (κ3) is 4.84. The van der Waals surface area contributed by atoms with E-state index in [1.807, 2.05) is 64.5 Å². The van der Waals surface area contributed by atoms with Gasteiger partial charge >= 0.3 is 5.97 Å². The lowest BCUT2D eigenvalue weighted by molar-refractivity contribution is -0.160. The Morgan fingerprint density at radius 2 is 1.92 bits per heavy atom. The van der Waals surface area contributed by atoms with E-state index >= 15 is 0 Å². The third-order valence-electron chi connectivity index (χ3n) is 6.08. The minimum Gasteiger partial charge on any atom is -0.479 e. The molecule has 0 amide bonds. The highest BCUT2D eigenvalue weighted by Crippen LogP contribution is 2.44. The number of aryl methyl sites for hydroxylation is 2. The fraction of sp³-hybridized carbons (Fsp3) is 0.286. The number of rotatable bonds is 6. The van der Waals surface area contributed by atoms with Gasteiger partial charge in [-0.3, -0.25) is 0 Å². The molecular weight excluding hydrogens is 508 g/mol. The highest BCUT2D eigenvalue weighted by Gasteiger charge is 2.32. The fourth-order valence-electron chi connectivity index (χ4n) is 4.45. The highest BCUT2D eigenvalue weighted by atomic mass is 35.5. The molecular formula is C28H27ClN4O3S. The summed E-state index contributed by atoms with van der Waals surface area (Å²) in [6.45, 7) is 9.54. The molecule has 3 heterocycles. The minimum absolute atomic E-state index is 0.602. The molecule has 0 spiro atoms. The number of hydrogen-bond acceptors (Lipinski definition) is 6. The second kappa shape index (κ2) is 9.52. The number of fused-ring (bicyclic) bond motifs is 2. The Balaban J connectivity index is 1.76. The Kier molecular flexibility index (Phi) is 6.52. The molecule has 0 unspecified atom stereocenters. The molecule has 1 N–H and O–H groups in total. The Morgan fingerprint density at radius 1 is 1.19 bits per heavy atom. The van der Waals surface area contributed by atoms with Gasteiger partial charge in [-0.05, 0) is 63.4 Å². The van der Waals surface area contributed by atoms with Crippen molar-refractivity contribution in [3.63, 3.8) is 0 Å². The summed E-state index contributed by atoms with van der Waals surface area (Å²) in [5, 5.41) is 16.0. The number of benzene rings is 2. The van der Waals surface area contributed by atoms with Crippen LogP contribution in [0.25, 0.3) is 37.6 Å². The van der Waals surface area contributed by atoms with E-state index in [4.69, 9.17) is 21.3 Å². The van der Waals surface area contributed by atoms with Gasteiger partial charge in [0.2, 0.25) is 0 Å². The molecule has 0 saturated heterocycles. The lowest BCUT2D eigenvalue weighted by Gasteiger charge is -2.28. The predicted molar refractivity (Wildman–Crippen MR) is 147 cm³/mol. The molecule has 0 aliphatic heterocycles. The number of halogens is 1. The first-order valence-electron chi connectivity index (χ1n) is 12.0. The number of nitrogens with zero attached hydrogens (tertiary/aromatic N) is 4. The van der Waals surface area contributed by atoms with Crippen LogP contribution in [0.3, 0.4) is 0 Å². The molecule has 190 valence electrons. The van der Waals surface area contributed by atoms with Crippen molar-refractivity contribution in [2.24, 2.45) is 0 Å². The predicted octanol–water partition coefficient (Wildman–Crippen LogP) is 7.14. The fourth-order valence-corrected chi connectivity index (χ4v) is 5.67. The average Bonchev–Trinajstić information content (AvgIpc) is 3.45. The van der Waals surface area contributed by atoms with Gasteiger partial charge in [0.15, 0.2) is 11.8 Å². The van der Waals surface area contributed by atoms with Gasteiger partial charge in [-0.1, -0.05) is 30.7 Å². The van der Waals surface area contributed by atoms with E-state index in [0.717, 1.165) is 55.1 Å². The van der Waals surface area contributed by atoms with Gasteiger partial charge in [0.25, 0.3) is 0 Å². The van der Waals surface area contributed by atoms with Crippen molar-refractivity contribution >= 4 is 44.8 Å². The molecule has 0 saturated carbocycles. The van der Waals surface area contributed by atoms with E-state index < -0.39 is 17.7 Å². The number of carboxylic acids is 1. The molecule has 5 aromatic rings. The topological polar surface area (TPSA) is 89.6 Å². The summed E-state index contributed by atoms with van der Waals surface area (Å²) in [5.74, 6) is -1.04. The molecule has 1 atom stereocenters. The first-order valence-corrected chi connectivity index (χ1v) is 13.2. The molecule has 0 aliphatic rings. The normalized spacial score (nSPS) is 12.9. The summed E-state index contributed by atoms with van der Waals surface area (Å²) in [7, 11) is 0. The van der Waals surface area contributed by atoms with Crippen LogP contribution < -0.4 is 0 Å². The van der Waals surface area contributed by atoms with Gasteiger partial charge in [-0.15, -0.1) is 11.3 Å². The number of aromatic nitrogens is 4. The molecule has 0 aliphatic carbocycles. The average molecular weight is 535 g/mol. The molecule has 0 radical (unpaired) electrons. The van der Waals surface area contributed by atoms with E-state index in [-0.39, 0.29) is 0 Å². The Bertz CT molecular complexity index is 1630. The Morgan fingerprint density at radius 3 is 2.57 bits per heavy atom. The van der Waals surface area contributed by atoms with E-state index in [1.165, 1.54) is 11.3 Å². The van der Waals surface area contributed by atoms with Crippen molar-refractivity contribution in [1.29, 1.82) is 0 Å². The van der Waals surface area contributed by atoms with Gasteiger partial charge in [0.1, 0.15) is 5.01 Å². The van der Waals surface area contributed by atoms with Gasteiger partial charge < -0.3 is 9.84 Å². The first kappa shape index (κ1) is 25.3. The maximum atomic E-state index is 12.5. The third-order valence-corrected chi connectivity index (χ3v) is 7.47. The van der Waals surface area contributed by atoms with Crippen molar-refractivity contribution in [3.05, 3.63) is 70.6 Å². The number of aliphatic carboxylic acids is 1. The second-order valence-corrected chi connectivity index (χ2v) is 11.4. The van der Waals surface area contributed by atoms with Crippen LogP contribution >= 0.6 is 22.9 Å². The van der Waals surface area contributed by atoms with Crippen LogP contribution in [0.2, 0.25) is 5.02 Å². The summed E-state index contributed by atoms with van der Waals surface area (Å²) in [4.78, 5) is 22.1. The van der Waals surface area contributed by atoms with Gasteiger partial charge in [-0.2, -0.15) is 5.10 Å². The SMILES string of the molecule is CCc1cnn2cc(-c3nc4cc(C)c([C@H](OC(C)(C)C)C(=O)O)c(-c5ccc(Cl)cc5)c4s3)cnc12. The summed E-state index contributed by atoms with van der Waals surface area (Å²) in [5.41, 5.74) is 5.90. The molecule has 0 bridgehead atoms. The van der Waals surface area contributed by atoms with Gasteiger partial charge in [0.05, 0.1) is 22.0 Å². The van der Waals surface area contributed by atoms with E-state index in [2.05, 4.69) is 17.0 Å². The van der Waals surface area contributed by atoms with Gasteiger partial charge in [-0.25, -0.2) is 19.3 Å². The summed E-state index contributed by atoms with van der Waals surface area (Å²) >= 11 is 7.68. The number of thiazole rings is 1. The first-order chi connectivity index (χ1) is 17.6. The minimum atomic E-state index is -1.16. The van der Waals surface area contributed by atoms with Crippen LogP contribution in [0.5, 0.6) is 0 Å². The zero-order chi connectivity index (χ0) is 26.5. The van der Waals surface area contributed by atoms with Crippen molar-refractivity contribution in [2.45, 2.75) is 52.7 Å². The molecule has 0 fully saturated rings. The molecule has 3 aromatic heterocycles. The van der Waals surface area contributed by atoms with Crippen LogP contribution in [-0.4, -0.2) is 36.3 Å². The van der Waals surface area contributed by atoms with Crippen LogP contribution in [0.1, 0.15) is 50.5 Å². The van der Waals surface area contributed by atoms with Crippen LogP contribution in [0, 0.1) is 6.92 Å². The van der Waals surface area contributed by atoms with Crippen molar-refractivity contribution < 1.29 is 14.6 Å². The Labute approximate surface area is 223 Å². The van der Waals surface area contributed by atoms with E-state index in [9.17, 15) is 9.90 Å². The quantitative estimate of drug-likeness (QED) is 0.249. The molecule has 5 rings (SSSR count). The number of carboxylic acid groups (broad SMARTS) is 1. The van der Waals surface area contributed by atoms with Crippen molar-refractivity contribution in [2.75, 3.05) is 0 Å². The Hall–Kier alpha value is -3.33. The zero-order valence-corrected chi connectivity index (χ0v) is 22.8. The molecule has 9 heteroatoms. The van der Waals surface area contributed by atoms with Crippen molar-refractivity contribution in [1.82, 2.24) is 19.6 Å². The monoisotopic (exact) mass is 534 g/mol. The number of ether oxygens (including phenoxy) is 1. The maximum Gasteiger partial charge on any atom is 0.337 e. The largest absolute Gasteiger partial charge is 0.479 e. The summed E-state index contributed by atoms with van der Waals surface area (Å²) in [6.07, 6.45) is 5.27. The summed E-state index contributed by atoms with van der Waals surface area (Å²) in [6, 6.07) is 9.34. The number of hydrogen-bond donors (Lipinski definition) is 1. The van der Waals surface area contributed by atoms with Crippen LogP contribution in [0.15, 0.2) is 48.9 Å². The van der Waals surface area contributed by atoms with E-state index in [0.29, 0.717) is 10.6 Å². The second-order valence-electron chi connectivity index (χ2n) is 9.94. The van der Waals surface area contributed by atoms with Gasteiger partial charge in [0, 0.05) is 39.7 Å². The molecule has 37 heavy (non-hydrogen) atoms. The van der Waals surface area contributed by atoms with E-state index in [1.54, 1.807) is 16.6 Å². The lowest BCUT2D eigenvalue weighted by Crippen LogP contribution is -2.28. The smallest absolute Gasteiger partial charge is 0.337 e. The van der Waals surface area contributed by atoms with Crippen LogP contribution in [-0.2, 0) is 16.0 Å². The van der Waals surface area contributed by atoms with Crippen molar-refractivity contribution in [3.8, 4) is 21.7 Å². The maximum absolute atomic E-state index is 12.5. The standard InChI is InChI=1S/C28H27ClN4O3S/c1-6-16-13-31-33-14-18(12-30-25(16)33)26-32-20-11-15(2)21(23(27(34)35)36-28(3,4)5)22(24(20)37-26)17-7-9-19(29)10-8-17/h7-14,23H,6H2,1-5H3,(H,34,35)/t23-/m0/s1. The summed E-state index contributed by atoms with van der Waals surface area (Å²) < 4.78 is 8.73. The lowest BCUT2D eigenvalue weighted by atomic mass is 9.91.